The molecule has 0 saturated carbocycles. The van der Waals surface area contributed by atoms with Crippen LogP contribution in [0.3, 0.4) is 0 Å². The quantitative estimate of drug-likeness (QED) is 0.735. The molecule has 1 spiro atoms. The minimum absolute atomic E-state index is 0.153. The van der Waals surface area contributed by atoms with Gasteiger partial charge in [0.2, 0.25) is 0 Å². The molecule has 1 aromatic carbocycles. The fourth-order valence-corrected chi connectivity index (χ4v) is 6.70. The van der Waals surface area contributed by atoms with Crippen molar-refractivity contribution in [1.29, 1.82) is 0 Å². The lowest BCUT2D eigenvalue weighted by Gasteiger charge is -2.50. The van der Waals surface area contributed by atoms with Gasteiger partial charge in [0.15, 0.2) is 0 Å². The highest BCUT2D eigenvalue weighted by Crippen LogP contribution is 2.41. The molecule has 3 heterocycles. The number of hydrogen-bond donors (Lipinski definition) is 0. The average Bonchev–Trinajstić information content (AvgIpc) is 3.22. The fraction of sp³-hybridized carbons (Fsp3) is 0.583. The van der Waals surface area contributed by atoms with Gasteiger partial charge in [0.05, 0.1) is 0 Å². The zero-order valence-corrected chi connectivity index (χ0v) is 18.1. The van der Waals surface area contributed by atoms with Crippen LogP contribution in [0.25, 0.3) is 0 Å². The number of piperidine rings is 1. The van der Waals surface area contributed by atoms with Crippen LogP contribution < -0.4 is 4.90 Å². The van der Waals surface area contributed by atoms with Crippen molar-refractivity contribution in [2.45, 2.75) is 44.1 Å². The van der Waals surface area contributed by atoms with Gasteiger partial charge < -0.3 is 4.90 Å². The second-order valence-electron chi connectivity index (χ2n) is 9.02. The van der Waals surface area contributed by atoms with Crippen LogP contribution in [-0.4, -0.2) is 61.2 Å². The zero-order chi connectivity index (χ0) is 19.7. The minimum Gasteiger partial charge on any atom is -0.369 e. The monoisotopic (exact) mass is 413 g/mol. The number of halogens is 1. The number of rotatable bonds is 4. The molecule has 5 heteroatoms. The third-order valence-corrected chi connectivity index (χ3v) is 8.39. The first-order valence-corrected chi connectivity index (χ1v) is 12.1. The molecule has 1 atom stereocenters. The standard InChI is InChI=1S/C24H32FN3S/c25-21-3-5-22(6-4-21)27-15-12-26(13-16-27)14-17-28-11-2-1-9-24(28)10-7-20-8-18-29-23(20)19-24/h3-6,8,18H,1-2,7,9-17,19H2. The van der Waals surface area contributed by atoms with Gasteiger partial charge in [-0.1, -0.05) is 6.42 Å². The molecule has 2 aromatic rings. The van der Waals surface area contributed by atoms with E-state index in [2.05, 4.69) is 26.1 Å². The van der Waals surface area contributed by atoms with E-state index in [0.29, 0.717) is 5.54 Å². The molecule has 29 heavy (non-hydrogen) atoms. The number of likely N-dealkylation sites (tertiary alicyclic amines) is 1. The Morgan fingerprint density at radius 3 is 2.55 bits per heavy atom. The van der Waals surface area contributed by atoms with Gasteiger partial charge in [0, 0.05) is 61.8 Å². The number of anilines is 1. The molecular formula is C24H32FN3S. The number of hydrogen-bond acceptors (Lipinski definition) is 4. The predicted octanol–water partition coefficient (Wildman–Crippen LogP) is 4.42. The predicted molar refractivity (Wildman–Crippen MR) is 120 cm³/mol. The van der Waals surface area contributed by atoms with E-state index in [1.807, 2.05) is 23.5 Å². The second-order valence-corrected chi connectivity index (χ2v) is 10.0. The van der Waals surface area contributed by atoms with Crippen molar-refractivity contribution in [2.75, 3.05) is 50.7 Å². The van der Waals surface area contributed by atoms with Gasteiger partial charge in [-0.15, -0.1) is 11.3 Å². The Bertz CT molecular complexity index is 812. The average molecular weight is 414 g/mol. The van der Waals surface area contributed by atoms with Crippen LogP contribution in [0.15, 0.2) is 35.7 Å². The number of aryl methyl sites for hydroxylation is 1. The molecule has 0 radical (unpaired) electrons. The molecule has 3 nitrogen and oxygen atoms in total. The highest BCUT2D eigenvalue weighted by Gasteiger charge is 2.41. The summed E-state index contributed by atoms with van der Waals surface area (Å²) >= 11 is 1.97. The fourth-order valence-electron chi connectivity index (χ4n) is 5.63. The lowest BCUT2D eigenvalue weighted by atomic mass is 9.75. The summed E-state index contributed by atoms with van der Waals surface area (Å²) < 4.78 is 13.2. The summed E-state index contributed by atoms with van der Waals surface area (Å²) in [4.78, 5) is 9.52. The molecule has 1 unspecified atom stereocenters. The molecule has 0 N–H and O–H groups in total. The van der Waals surface area contributed by atoms with Crippen molar-refractivity contribution in [1.82, 2.24) is 9.80 Å². The van der Waals surface area contributed by atoms with Gasteiger partial charge in [-0.05, 0) is 73.5 Å². The lowest BCUT2D eigenvalue weighted by molar-refractivity contribution is 0.0261. The van der Waals surface area contributed by atoms with Gasteiger partial charge in [0.25, 0.3) is 0 Å². The van der Waals surface area contributed by atoms with Gasteiger partial charge in [-0.25, -0.2) is 4.39 Å². The zero-order valence-electron chi connectivity index (χ0n) is 17.3. The van der Waals surface area contributed by atoms with E-state index in [4.69, 9.17) is 0 Å². The molecule has 2 saturated heterocycles. The van der Waals surface area contributed by atoms with Crippen molar-refractivity contribution in [3.05, 3.63) is 52.0 Å². The van der Waals surface area contributed by atoms with Crippen molar-refractivity contribution in [3.63, 3.8) is 0 Å². The summed E-state index contributed by atoms with van der Waals surface area (Å²) in [5, 5.41) is 2.29. The highest BCUT2D eigenvalue weighted by molar-refractivity contribution is 7.10. The van der Waals surface area contributed by atoms with E-state index in [9.17, 15) is 4.39 Å². The summed E-state index contributed by atoms with van der Waals surface area (Å²) in [6.45, 7) is 7.94. The normalized spacial score (nSPS) is 26.0. The molecule has 5 rings (SSSR count). The molecule has 2 fully saturated rings. The van der Waals surface area contributed by atoms with Crippen LogP contribution in [0, 0.1) is 5.82 Å². The maximum Gasteiger partial charge on any atom is 0.123 e. The van der Waals surface area contributed by atoms with Crippen LogP contribution in [0.4, 0.5) is 10.1 Å². The van der Waals surface area contributed by atoms with Crippen LogP contribution >= 0.6 is 11.3 Å². The first kappa shape index (κ1) is 19.5. The van der Waals surface area contributed by atoms with Crippen LogP contribution in [-0.2, 0) is 12.8 Å². The highest BCUT2D eigenvalue weighted by atomic mass is 32.1. The summed E-state index contributed by atoms with van der Waals surface area (Å²) in [5.41, 5.74) is 3.18. The van der Waals surface area contributed by atoms with Gasteiger partial charge in [0.1, 0.15) is 5.82 Å². The number of fused-ring (bicyclic) bond motifs is 1. The van der Waals surface area contributed by atoms with E-state index in [0.717, 1.165) is 31.9 Å². The minimum atomic E-state index is -0.153. The lowest BCUT2D eigenvalue weighted by Crippen LogP contribution is -2.57. The second kappa shape index (κ2) is 8.37. The van der Waals surface area contributed by atoms with Crippen molar-refractivity contribution >= 4 is 17.0 Å². The van der Waals surface area contributed by atoms with Crippen LogP contribution in [0.1, 0.15) is 36.1 Å². The van der Waals surface area contributed by atoms with E-state index >= 15 is 0 Å². The first-order valence-electron chi connectivity index (χ1n) is 11.3. The van der Waals surface area contributed by atoms with E-state index in [1.165, 1.54) is 58.2 Å². The third kappa shape index (κ3) is 4.10. The smallest absolute Gasteiger partial charge is 0.123 e. The summed E-state index contributed by atoms with van der Waals surface area (Å²) in [6.07, 6.45) is 8.02. The number of piperazine rings is 1. The molecule has 1 aliphatic carbocycles. The molecule has 0 bridgehead atoms. The summed E-state index contributed by atoms with van der Waals surface area (Å²) in [5.74, 6) is -0.153. The molecule has 2 aliphatic heterocycles. The Morgan fingerprint density at radius 1 is 0.897 bits per heavy atom. The maximum absolute atomic E-state index is 13.2. The molecular weight excluding hydrogens is 381 g/mol. The van der Waals surface area contributed by atoms with E-state index in [1.54, 1.807) is 22.6 Å². The Hall–Kier alpha value is -1.43. The topological polar surface area (TPSA) is 9.72 Å². The summed E-state index contributed by atoms with van der Waals surface area (Å²) in [6, 6.07) is 9.30. The van der Waals surface area contributed by atoms with Gasteiger partial charge in [-0.2, -0.15) is 0 Å². The molecule has 156 valence electrons. The SMILES string of the molecule is Fc1ccc(N2CCN(CCN3CCCCC34CCc3ccsc3C4)CC2)cc1. The van der Waals surface area contributed by atoms with Crippen molar-refractivity contribution < 1.29 is 4.39 Å². The summed E-state index contributed by atoms with van der Waals surface area (Å²) in [7, 11) is 0. The Morgan fingerprint density at radius 2 is 1.72 bits per heavy atom. The van der Waals surface area contributed by atoms with Gasteiger partial charge >= 0.3 is 0 Å². The van der Waals surface area contributed by atoms with Crippen LogP contribution in [0.5, 0.6) is 0 Å². The number of benzene rings is 1. The van der Waals surface area contributed by atoms with Crippen LogP contribution in [0.2, 0.25) is 0 Å². The largest absolute Gasteiger partial charge is 0.369 e. The van der Waals surface area contributed by atoms with Gasteiger partial charge in [-0.3, -0.25) is 9.80 Å². The Balaban J connectivity index is 1.16. The van der Waals surface area contributed by atoms with E-state index < -0.39 is 0 Å². The molecule has 3 aliphatic rings. The first-order chi connectivity index (χ1) is 14.2. The van der Waals surface area contributed by atoms with Crippen molar-refractivity contribution in [3.8, 4) is 0 Å². The molecule has 0 amide bonds. The maximum atomic E-state index is 13.2. The number of nitrogens with zero attached hydrogens (tertiary/aromatic N) is 3. The van der Waals surface area contributed by atoms with Crippen molar-refractivity contribution in [2.24, 2.45) is 0 Å². The molecule has 1 aromatic heterocycles. The third-order valence-electron chi connectivity index (χ3n) is 7.43. The van der Waals surface area contributed by atoms with E-state index in [-0.39, 0.29) is 5.82 Å². The Kier molecular flexibility index (Phi) is 5.63. The Labute approximate surface area is 178 Å². The number of thiophene rings is 1.